The Hall–Kier alpha value is -1.41. The smallest absolute Gasteiger partial charge is 0.340 e. The Labute approximate surface area is 112 Å². The lowest BCUT2D eigenvalue weighted by Crippen LogP contribution is -2.33. The van der Waals surface area contributed by atoms with Crippen molar-refractivity contribution < 1.29 is 18.3 Å². The predicted octanol–water partition coefficient (Wildman–Crippen LogP) is 1.35. The molecule has 108 valence electrons. The van der Waals surface area contributed by atoms with Crippen LogP contribution in [0.25, 0.3) is 0 Å². The molecule has 0 aliphatic rings. The molecule has 1 aromatic rings. The number of sulfonamides is 1. The van der Waals surface area contributed by atoms with Crippen LogP contribution in [0.4, 0.5) is 0 Å². The van der Waals surface area contributed by atoms with E-state index in [0.29, 0.717) is 6.42 Å². The van der Waals surface area contributed by atoms with E-state index < -0.39 is 21.0 Å². The standard InChI is InChI=1S/C11H19N3O4S/c1-3-4-5-6-8(2)14-19(17,18)10-9(11(15)16)7-12-13-10/h7-8,14H,3-6H2,1-2H3,(H,12,13)(H,15,16). The van der Waals surface area contributed by atoms with E-state index >= 15 is 0 Å². The number of nitrogens with zero attached hydrogens (tertiary/aromatic N) is 1. The first-order valence-electron chi connectivity index (χ1n) is 6.17. The van der Waals surface area contributed by atoms with Gasteiger partial charge in [-0.25, -0.2) is 17.9 Å². The average Bonchev–Trinajstić information content (AvgIpc) is 2.78. The highest BCUT2D eigenvalue weighted by atomic mass is 32.2. The maximum absolute atomic E-state index is 12.0. The van der Waals surface area contributed by atoms with Crippen LogP contribution in [-0.2, 0) is 10.0 Å². The van der Waals surface area contributed by atoms with E-state index in [2.05, 4.69) is 21.8 Å². The monoisotopic (exact) mass is 289 g/mol. The first-order valence-corrected chi connectivity index (χ1v) is 7.65. The summed E-state index contributed by atoms with van der Waals surface area (Å²) in [7, 11) is -3.88. The normalized spacial score (nSPS) is 13.4. The summed E-state index contributed by atoms with van der Waals surface area (Å²) in [4.78, 5) is 10.9. The lowest BCUT2D eigenvalue weighted by Gasteiger charge is -2.13. The average molecular weight is 289 g/mol. The number of carboxylic acids is 1. The number of aromatic nitrogens is 2. The third-order valence-electron chi connectivity index (χ3n) is 2.70. The minimum absolute atomic E-state index is 0.249. The number of rotatable bonds is 8. The second-order valence-corrected chi connectivity index (χ2v) is 6.09. The van der Waals surface area contributed by atoms with Gasteiger partial charge in [0.05, 0.1) is 6.20 Å². The van der Waals surface area contributed by atoms with Crippen LogP contribution in [0.15, 0.2) is 11.2 Å². The topological polar surface area (TPSA) is 112 Å². The summed E-state index contributed by atoms with van der Waals surface area (Å²) in [5.74, 6) is -1.33. The fraction of sp³-hybridized carbons (Fsp3) is 0.636. The summed E-state index contributed by atoms with van der Waals surface area (Å²) in [6.45, 7) is 3.82. The van der Waals surface area contributed by atoms with Crippen LogP contribution in [0.1, 0.15) is 49.9 Å². The molecule has 0 radical (unpaired) electrons. The largest absolute Gasteiger partial charge is 0.478 e. The van der Waals surface area contributed by atoms with Gasteiger partial charge in [-0.2, -0.15) is 5.10 Å². The van der Waals surface area contributed by atoms with E-state index in [-0.39, 0.29) is 11.6 Å². The number of carboxylic acid groups (broad SMARTS) is 1. The Bertz CT molecular complexity index is 524. The van der Waals surface area contributed by atoms with E-state index in [0.717, 1.165) is 25.5 Å². The van der Waals surface area contributed by atoms with Gasteiger partial charge in [-0.3, -0.25) is 5.10 Å². The van der Waals surface area contributed by atoms with Crippen LogP contribution >= 0.6 is 0 Å². The van der Waals surface area contributed by atoms with Gasteiger partial charge < -0.3 is 5.11 Å². The van der Waals surface area contributed by atoms with Gasteiger partial charge in [0.2, 0.25) is 0 Å². The molecule has 19 heavy (non-hydrogen) atoms. The first kappa shape index (κ1) is 15.6. The summed E-state index contributed by atoms with van der Waals surface area (Å²) in [5.41, 5.74) is -0.353. The van der Waals surface area contributed by atoms with Crippen molar-refractivity contribution in [3.8, 4) is 0 Å². The molecule has 1 atom stereocenters. The van der Waals surface area contributed by atoms with Crippen molar-refractivity contribution >= 4 is 16.0 Å². The minimum atomic E-state index is -3.88. The third kappa shape index (κ3) is 4.32. The lowest BCUT2D eigenvalue weighted by molar-refractivity contribution is 0.0692. The number of aromatic carboxylic acids is 1. The summed E-state index contributed by atoms with van der Waals surface area (Å²) in [5, 5.41) is 14.2. The fourth-order valence-electron chi connectivity index (χ4n) is 1.71. The maximum atomic E-state index is 12.0. The summed E-state index contributed by atoms with van der Waals surface area (Å²) >= 11 is 0. The van der Waals surface area contributed by atoms with Gasteiger partial charge in [0.1, 0.15) is 5.56 Å². The van der Waals surface area contributed by atoms with Crippen LogP contribution in [0.3, 0.4) is 0 Å². The van der Waals surface area contributed by atoms with Crippen LogP contribution in [-0.4, -0.2) is 35.7 Å². The zero-order chi connectivity index (χ0) is 14.5. The first-order chi connectivity index (χ1) is 8.88. The molecule has 8 heteroatoms. The number of hydrogen-bond donors (Lipinski definition) is 3. The Morgan fingerprint density at radius 1 is 1.53 bits per heavy atom. The number of aromatic amines is 1. The second-order valence-electron chi connectivity index (χ2n) is 4.44. The van der Waals surface area contributed by atoms with Gasteiger partial charge in [0, 0.05) is 6.04 Å². The van der Waals surface area contributed by atoms with Crippen molar-refractivity contribution in [3.05, 3.63) is 11.8 Å². The number of carbonyl (C=O) groups is 1. The van der Waals surface area contributed by atoms with Crippen molar-refractivity contribution in [2.75, 3.05) is 0 Å². The Morgan fingerprint density at radius 3 is 2.79 bits per heavy atom. The Morgan fingerprint density at radius 2 is 2.21 bits per heavy atom. The van der Waals surface area contributed by atoms with Crippen molar-refractivity contribution in [2.24, 2.45) is 0 Å². The highest BCUT2D eigenvalue weighted by molar-refractivity contribution is 7.89. The van der Waals surface area contributed by atoms with Crippen molar-refractivity contribution in [3.63, 3.8) is 0 Å². The van der Waals surface area contributed by atoms with Crippen molar-refractivity contribution in [1.82, 2.24) is 14.9 Å². The van der Waals surface area contributed by atoms with Gasteiger partial charge >= 0.3 is 5.97 Å². The van der Waals surface area contributed by atoms with Gasteiger partial charge in [0.25, 0.3) is 10.0 Å². The predicted molar refractivity (Wildman–Crippen MR) is 69.5 cm³/mol. The number of H-pyrrole nitrogens is 1. The Balaban J connectivity index is 2.75. The van der Waals surface area contributed by atoms with E-state index in [9.17, 15) is 13.2 Å². The molecule has 0 aromatic carbocycles. The maximum Gasteiger partial charge on any atom is 0.340 e. The number of hydrogen-bond acceptors (Lipinski definition) is 4. The number of nitrogens with one attached hydrogen (secondary N) is 2. The molecule has 0 saturated heterocycles. The van der Waals surface area contributed by atoms with E-state index in [1.807, 2.05) is 0 Å². The minimum Gasteiger partial charge on any atom is -0.478 e. The van der Waals surface area contributed by atoms with Crippen LogP contribution in [0.5, 0.6) is 0 Å². The molecule has 0 aliphatic carbocycles. The fourth-order valence-corrected chi connectivity index (χ4v) is 3.08. The van der Waals surface area contributed by atoms with Gasteiger partial charge in [0.15, 0.2) is 5.03 Å². The molecular formula is C11H19N3O4S. The zero-order valence-corrected chi connectivity index (χ0v) is 11.8. The molecule has 1 unspecified atom stereocenters. The molecule has 0 spiro atoms. The summed E-state index contributed by atoms with van der Waals surface area (Å²) in [6, 6.07) is -0.249. The van der Waals surface area contributed by atoms with Gasteiger partial charge in [-0.05, 0) is 13.3 Å². The molecule has 1 rings (SSSR count). The van der Waals surface area contributed by atoms with Gasteiger partial charge in [-0.15, -0.1) is 0 Å². The van der Waals surface area contributed by atoms with Crippen LogP contribution in [0, 0.1) is 0 Å². The molecule has 1 heterocycles. The molecule has 0 bridgehead atoms. The molecule has 0 amide bonds. The van der Waals surface area contributed by atoms with Crippen molar-refractivity contribution in [2.45, 2.75) is 50.6 Å². The van der Waals surface area contributed by atoms with Gasteiger partial charge in [-0.1, -0.05) is 26.2 Å². The third-order valence-corrected chi connectivity index (χ3v) is 4.26. The highest BCUT2D eigenvalue weighted by Gasteiger charge is 2.25. The molecule has 0 aliphatic heterocycles. The molecule has 0 saturated carbocycles. The van der Waals surface area contributed by atoms with Crippen LogP contribution < -0.4 is 4.72 Å². The molecule has 7 nitrogen and oxygen atoms in total. The molecule has 0 fully saturated rings. The quantitative estimate of drug-likeness (QED) is 0.625. The summed E-state index contributed by atoms with van der Waals surface area (Å²) < 4.78 is 26.5. The Kier molecular flexibility index (Phi) is 5.49. The number of unbranched alkanes of at least 4 members (excludes halogenated alkanes) is 2. The molecule has 3 N–H and O–H groups in total. The zero-order valence-electron chi connectivity index (χ0n) is 11.0. The molecular weight excluding hydrogens is 270 g/mol. The van der Waals surface area contributed by atoms with Crippen molar-refractivity contribution in [1.29, 1.82) is 0 Å². The lowest BCUT2D eigenvalue weighted by atomic mass is 10.1. The summed E-state index contributed by atoms with van der Waals surface area (Å²) in [6.07, 6.45) is 4.72. The van der Waals surface area contributed by atoms with E-state index in [1.165, 1.54) is 0 Å². The highest BCUT2D eigenvalue weighted by Crippen LogP contribution is 2.13. The molecule has 1 aromatic heterocycles. The second kappa shape index (κ2) is 6.67. The SMILES string of the molecule is CCCCCC(C)NS(=O)(=O)c1[nH]ncc1C(=O)O. The van der Waals surface area contributed by atoms with E-state index in [1.54, 1.807) is 6.92 Å². The van der Waals surface area contributed by atoms with E-state index in [4.69, 9.17) is 5.11 Å². The van der Waals surface area contributed by atoms with Crippen LogP contribution in [0.2, 0.25) is 0 Å².